The molecule has 7 nitrogen and oxygen atoms in total. The van der Waals surface area contributed by atoms with E-state index in [4.69, 9.17) is 9.94 Å². The van der Waals surface area contributed by atoms with Crippen LogP contribution in [0.4, 0.5) is 5.69 Å². The van der Waals surface area contributed by atoms with Gasteiger partial charge < -0.3 is 10.1 Å². The smallest absolute Gasteiger partial charge is 0.274 e. The lowest BCUT2D eigenvalue weighted by Gasteiger charge is -2.13. The van der Waals surface area contributed by atoms with Crippen LogP contribution < -0.4 is 15.5 Å². The highest BCUT2D eigenvalue weighted by molar-refractivity contribution is 6.07. The Bertz CT molecular complexity index is 1300. The molecule has 0 aliphatic heterocycles. The zero-order valence-corrected chi connectivity index (χ0v) is 17.6. The van der Waals surface area contributed by atoms with Crippen molar-refractivity contribution in [3.63, 3.8) is 0 Å². The summed E-state index contributed by atoms with van der Waals surface area (Å²) < 4.78 is 6.05. The summed E-state index contributed by atoms with van der Waals surface area (Å²) in [6, 6.07) is 23.6. The molecule has 0 bridgehead atoms. The molecule has 0 spiro atoms. The first kappa shape index (κ1) is 21.7. The summed E-state index contributed by atoms with van der Waals surface area (Å²) in [7, 11) is 0. The van der Waals surface area contributed by atoms with E-state index in [0.29, 0.717) is 28.1 Å². The molecule has 0 fully saturated rings. The van der Waals surface area contributed by atoms with Crippen LogP contribution in [0.3, 0.4) is 0 Å². The van der Waals surface area contributed by atoms with Gasteiger partial charge in [-0.05, 0) is 47.4 Å². The summed E-state index contributed by atoms with van der Waals surface area (Å²) >= 11 is 0. The third-order valence-electron chi connectivity index (χ3n) is 4.96. The van der Waals surface area contributed by atoms with Crippen LogP contribution in [0.15, 0.2) is 96.8 Å². The minimum absolute atomic E-state index is 0.0268. The number of hydrogen-bond acceptors (Lipinski definition) is 5. The monoisotopic (exact) mass is 439 g/mol. The van der Waals surface area contributed by atoms with Gasteiger partial charge in [0.1, 0.15) is 12.4 Å². The van der Waals surface area contributed by atoms with E-state index in [-0.39, 0.29) is 12.5 Å². The van der Waals surface area contributed by atoms with Crippen LogP contribution >= 0.6 is 0 Å². The van der Waals surface area contributed by atoms with Crippen molar-refractivity contribution in [2.75, 3.05) is 11.9 Å². The van der Waals surface area contributed by atoms with Crippen molar-refractivity contribution in [1.29, 1.82) is 0 Å². The highest BCUT2D eigenvalue weighted by Crippen LogP contribution is 2.26. The average molecular weight is 439 g/mol. The number of carbonyl (C=O) groups excluding carboxylic acids is 2. The predicted octanol–water partition coefficient (Wildman–Crippen LogP) is 4.45. The largest absolute Gasteiger partial charge is 0.488 e. The highest BCUT2D eigenvalue weighted by Gasteiger charge is 2.13. The summed E-state index contributed by atoms with van der Waals surface area (Å²) in [5.74, 6) is -0.275. The second-order valence-corrected chi connectivity index (χ2v) is 7.19. The number of ether oxygens (including phenoxy) is 1. The zero-order chi connectivity index (χ0) is 23.0. The van der Waals surface area contributed by atoms with Crippen LogP contribution in [0.5, 0.6) is 5.75 Å². The molecule has 0 saturated carbocycles. The molecule has 4 aromatic rings. The summed E-state index contributed by atoms with van der Waals surface area (Å²) in [5.41, 5.74) is 3.53. The van der Waals surface area contributed by atoms with Crippen molar-refractivity contribution < 1.29 is 19.5 Å². The molecule has 3 aromatic carbocycles. The lowest BCUT2D eigenvalue weighted by atomic mass is 10.1. The molecule has 4 rings (SSSR count). The highest BCUT2D eigenvalue weighted by atomic mass is 16.5. The fourth-order valence-electron chi connectivity index (χ4n) is 3.29. The van der Waals surface area contributed by atoms with Gasteiger partial charge in [-0.25, -0.2) is 5.48 Å². The van der Waals surface area contributed by atoms with E-state index in [1.54, 1.807) is 60.3 Å². The van der Waals surface area contributed by atoms with E-state index in [1.807, 2.05) is 42.5 Å². The summed E-state index contributed by atoms with van der Waals surface area (Å²) in [6.07, 6.45) is 4.88. The van der Waals surface area contributed by atoms with Gasteiger partial charge in [-0.1, -0.05) is 48.5 Å². The van der Waals surface area contributed by atoms with E-state index < -0.39 is 5.91 Å². The minimum Gasteiger partial charge on any atom is -0.488 e. The number of nitrogens with zero attached hydrogens (tertiary/aromatic N) is 1. The van der Waals surface area contributed by atoms with Gasteiger partial charge in [0, 0.05) is 17.1 Å². The van der Waals surface area contributed by atoms with Gasteiger partial charge in [0.15, 0.2) is 0 Å². The Morgan fingerprint density at radius 3 is 2.48 bits per heavy atom. The zero-order valence-electron chi connectivity index (χ0n) is 17.6. The number of anilines is 1. The number of fused-ring (bicyclic) bond motifs is 1. The molecular formula is C26H21N3O4. The SMILES string of the molecule is O=C(Nc1cccnc1)C(=Cc1ccc(C(=O)NO)cc1)COc1cccc2ccccc12. The molecule has 2 amide bonds. The molecule has 0 unspecified atom stereocenters. The van der Waals surface area contributed by atoms with Crippen molar-refractivity contribution in [2.45, 2.75) is 0 Å². The lowest BCUT2D eigenvalue weighted by Crippen LogP contribution is -2.19. The standard InChI is InChI=1S/C26H21N3O4/c30-25(28-22-7-4-14-27-16-22)21(15-18-10-12-20(13-11-18)26(31)29-32)17-33-24-9-3-6-19-5-1-2-8-23(19)24/h1-16,32H,17H2,(H,28,30)(H,29,31). The number of pyridine rings is 1. The Kier molecular flexibility index (Phi) is 6.73. The topological polar surface area (TPSA) is 101 Å². The first-order chi connectivity index (χ1) is 16.1. The number of rotatable bonds is 7. The fourth-order valence-corrected chi connectivity index (χ4v) is 3.29. The Morgan fingerprint density at radius 1 is 0.939 bits per heavy atom. The number of nitrogens with one attached hydrogen (secondary N) is 2. The molecule has 0 atom stereocenters. The molecule has 7 heteroatoms. The Morgan fingerprint density at radius 2 is 1.73 bits per heavy atom. The number of aromatic nitrogens is 1. The van der Waals surface area contributed by atoms with Gasteiger partial charge in [0.25, 0.3) is 11.8 Å². The second-order valence-electron chi connectivity index (χ2n) is 7.19. The van der Waals surface area contributed by atoms with Crippen LogP contribution in [0.2, 0.25) is 0 Å². The second kappa shape index (κ2) is 10.2. The molecule has 0 aliphatic rings. The Labute approximate surface area is 190 Å². The van der Waals surface area contributed by atoms with Crippen molar-refractivity contribution >= 4 is 34.4 Å². The first-order valence-corrected chi connectivity index (χ1v) is 10.2. The van der Waals surface area contributed by atoms with Crippen LogP contribution in [0.1, 0.15) is 15.9 Å². The van der Waals surface area contributed by atoms with Gasteiger partial charge in [0.2, 0.25) is 0 Å². The average Bonchev–Trinajstić information content (AvgIpc) is 2.87. The van der Waals surface area contributed by atoms with E-state index in [2.05, 4.69) is 10.3 Å². The van der Waals surface area contributed by atoms with Crippen LogP contribution in [-0.4, -0.2) is 28.6 Å². The van der Waals surface area contributed by atoms with E-state index in [9.17, 15) is 9.59 Å². The van der Waals surface area contributed by atoms with Crippen molar-refractivity contribution in [3.05, 3.63) is 108 Å². The van der Waals surface area contributed by atoms with Crippen LogP contribution in [-0.2, 0) is 4.79 Å². The van der Waals surface area contributed by atoms with Crippen molar-refractivity contribution in [2.24, 2.45) is 0 Å². The first-order valence-electron chi connectivity index (χ1n) is 10.2. The number of hydroxylamine groups is 1. The Balaban J connectivity index is 1.61. The van der Waals surface area contributed by atoms with E-state index in [1.165, 1.54) is 0 Å². The predicted molar refractivity (Wildman–Crippen MR) is 126 cm³/mol. The molecule has 164 valence electrons. The normalized spacial score (nSPS) is 11.1. The van der Waals surface area contributed by atoms with Gasteiger partial charge in [-0.2, -0.15) is 0 Å². The summed E-state index contributed by atoms with van der Waals surface area (Å²) in [6.45, 7) is 0.0268. The number of carbonyl (C=O) groups is 2. The third-order valence-corrected chi connectivity index (χ3v) is 4.96. The molecule has 1 aromatic heterocycles. The number of benzene rings is 3. The Hall–Kier alpha value is -4.49. The molecule has 0 saturated heterocycles. The molecular weight excluding hydrogens is 418 g/mol. The summed E-state index contributed by atoms with van der Waals surface area (Å²) in [4.78, 5) is 28.6. The van der Waals surface area contributed by atoms with E-state index >= 15 is 0 Å². The van der Waals surface area contributed by atoms with Crippen LogP contribution in [0, 0.1) is 0 Å². The van der Waals surface area contributed by atoms with Gasteiger partial charge >= 0.3 is 0 Å². The number of hydrogen-bond donors (Lipinski definition) is 3. The van der Waals surface area contributed by atoms with E-state index in [0.717, 1.165) is 10.8 Å². The molecule has 33 heavy (non-hydrogen) atoms. The number of amides is 2. The fraction of sp³-hybridized carbons (Fsp3) is 0.0385. The van der Waals surface area contributed by atoms with Crippen LogP contribution in [0.25, 0.3) is 16.8 Å². The maximum Gasteiger partial charge on any atom is 0.274 e. The van der Waals surface area contributed by atoms with Gasteiger partial charge in [-0.3, -0.25) is 19.8 Å². The maximum absolute atomic E-state index is 13.0. The molecule has 3 N–H and O–H groups in total. The maximum atomic E-state index is 13.0. The molecule has 0 aliphatic carbocycles. The summed E-state index contributed by atoms with van der Waals surface area (Å²) in [5, 5.41) is 13.6. The lowest BCUT2D eigenvalue weighted by molar-refractivity contribution is -0.113. The third kappa shape index (κ3) is 5.41. The molecule has 0 radical (unpaired) electrons. The minimum atomic E-state index is -0.612. The van der Waals surface area contributed by atoms with Crippen molar-refractivity contribution in [3.8, 4) is 5.75 Å². The van der Waals surface area contributed by atoms with Crippen molar-refractivity contribution in [1.82, 2.24) is 10.5 Å². The van der Waals surface area contributed by atoms with Gasteiger partial charge in [-0.15, -0.1) is 0 Å². The molecule has 1 heterocycles. The quantitative estimate of drug-likeness (QED) is 0.224. The van der Waals surface area contributed by atoms with Gasteiger partial charge in [0.05, 0.1) is 17.5 Å².